The summed E-state index contributed by atoms with van der Waals surface area (Å²) in [6.45, 7) is 9.50. The first-order chi connectivity index (χ1) is 13.9. The number of aromatic nitrogens is 1. The van der Waals surface area contributed by atoms with Crippen molar-refractivity contribution in [1.29, 1.82) is 0 Å². The summed E-state index contributed by atoms with van der Waals surface area (Å²) in [5, 5.41) is 22.2. The molecule has 0 unspecified atom stereocenters. The number of H-pyrrole nitrogens is 1. The molecule has 0 radical (unpaired) electrons. The highest BCUT2D eigenvalue weighted by Gasteiger charge is 2.38. The molecule has 3 N–H and O–H groups in total. The Bertz CT molecular complexity index is 903. The summed E-state index contributed by atoms with van der Waals surface area (Å²) < 4.78 is 5.43. The van der Waals surface area contributed by atoms with Crippen molar-refractivity contribution in [3.63, 3.8) is 0 Å². The lowest BCUT2D eigenvalue weighted by molar-refractivity contribution is -0.0609. The molecule has 0 spiro atoms. The zero-order valence-corrected chi connectivity index (χ0v) is 17.4. The molecule has 0 aliphatic carbocycles. The summed E-state index contributed by atoms with van der Waals surface area (Å²) >= 11 is 0. The molecule has 2 fully saturated rings. The molecule has 4 rings (SSSR count). The minimum Gasteiger partial charge on any atom is -0.390 e. The van der Waals surface area contributed by atoms with Crippen LogP contribution < -0.4 is 0 Å². The summed E-state index contributed by atoms with van der Waals surface area (Å²) in [4.78, 5) is 20.7. The van der Waals surface area contributed by atoms with Crippen LogP contribution in [0.4, 0.5) is 0 Å². The molecule has 29 heavy (non-hydrogen) atoms. The molecule has 2 aromatic rings. The first-order valence-corrected chi connectivity index (χ1v) is 10.4. The number of benzene rings is 1. The molecular weight excluding hydrogens is 370 g/mol. The number of rotatable bonds is 2. The van der Waals surface area contributed by atoms with Crippen molar-refractivity contribution in [1.82, 2.24) is 14.8 Å². The molecule has 2 aliphatic rings. The number of carbonyl (C=O) groups excluding carboxylic acids is 1. The van der Waals surface area contributed by atoms with E-state index in [1.165, 1.54) is 5.56 Å². The van der Waals surface area contributed by atoms with Gasteiger partial charge in [0.05, 0.1) is 31.5 Å². The number of nitrogens with one attached hydrogen (secondary N) is 1. The fourth-order valence-corrected chi connectivity index (χ4v) is 4.72. The van der Waals surface area contributed by atoms with Gasteiger partial charge in [0.2, 0.25) is 0 Å². The Labute approximate surface area is 171 Å². The number of ether oxygens (including phenoxy) is 1. The summed E-state index contributed by atoms with van der Waals surface area (Å²) in [6, 6.07) is 3.92. The largest absolute Gasteiger partial charge is 0.390 e. The number of aliphatic hydroxyl groups is 2. The molecule has 1 aromatic carbocycles. The lowest BCUT2D eigenvalue weighted by Crippen LogP contribution is -2.55. The van der Waals surface area contributed by atoms with E-state index in [1.807, 2.05) is 13.8 Å². The number of morpholine rings is 1. The maximum atomic E-state index is 13.5. The highest BCUT2D eigenvalue weighted by Crippen LogP contribution is 2.28. The van der Waals surface area contributed by atoms with Crippen LogP contribution >= 0.6 is 0 Å². The number of aliphatic hydroxyl groups excluding tert-OH is 2. The highest BCUT2D eigenvalue weighted by molar-refractivity contribution is 6.01. The van der Waals surface area contributed by atoms with Crippen molar-refractivity contribution in [3.05, 3.63) is 34.5 Å². The average Bonchev–Trinajstić information content (AvgIpc) is 2.96. The molecule has 2 saturated heterocycles. The second kappa shape index (κ2) is 8.07. The van der Waals surface area contributed by atoms with Crippen molar-refractivity contribution >= 4 is 16.8 Å². The van der Waals surface area contributed by atoms with Crippen molar-refractivity contribution in [2.24, 2.45) is 0 Å². The smallest absolute Gasteiger partial charge is 0.270 e. The van der Waals surface area contributed by atoms with Crippen LogP contribution in [0, 0.1) is 20.8 Å². The van der Waals surface area contributed by atoms with Crippen molar-refractivity contribution in [2.45, 2.75) is 45.4 Å². The predicted molar refractivity (Wildman–Crippen MR) is 111 cm³/mol. The molecule has 1 amide bonds. The number of hydrogen-bond acceptors (Lipinski definition) is 5. The number of nitrogens with zero attached hydrogens (tertiary/aromatic N) is 2. The van der Waals surface area contributed by atoms with E-state index in [0.717, 1.165) is 22.0 Å². The van der Waals surface area contributed by atoms with Crippen LogP contribution in [0.25, 0.3) is 10.9 Å². The van der Waals surface area contributed by atoms with Crippen LogP contribution in [-0.2, 0) is 4.74 Å². The van der Waals surface area contributed by atoms with Crippen LogP contribution in [0.15, 0.2) is 12.1 Å². The normalized spacial score (nSPS) is 26.7. The van der Waals surface area contributed by atoms with E-state index < -0.39 is 12.2 Å². The first-order valence-electron chi connectivity index (χ1n) is 10.4. The van der Waals surface area contributed by atoms with E-state index in [-0.39, 0.29) is 11.9 Å². The molecule has 158 valence electrons. The van der Waals surface area contributed by atoms with Gasteiger partial charge < -0.3 is 24.8 Å². The van der Waals surface area contributed by atoms with Crippen molar-refractivity contribution in [2.75, 3.05) is 39.4 Å². The van der Waals surface area contributed by atoms with Crippen molar-refractivity contribution < 1.29 is 19.7 Å². The fourth-order valence-electron chi connectivity index (χ4n) is 4.72. The lowest BCUT2D eigenvalue weighted by atomic mass is 10.0. The maximum absolute atomic E-state index is 13.5. The van der Waals surface area contributed by atoms with Crippen LogP contribution in [0.1, 0.15) is 33.6 Å². The van der Waals surface area contributed by atoms with Gasteiger partial charge in [0.1, 0.15) is 5.69 Å². The number of amides is 1. The fraction of sp³-hybridized carbons (Fsp3) is 0.591. The minimum atomic E-state index is -0.875. The zero-order valence-electron chi connectivity index (χ0n) is 17.4. The zero-order chi connectivity index (χ0) is 20.7. The quantitative estimate of drug-likeness (QED) is 0.707. The molecule has 3 heterocycles. The Hall–Kier alpha value is -1.93. The summed E-state index contributed by atoms with van der Waals surface area (Å²) in [5.41, 5.74) is 4.83. The minimum absolute atomic E-state index is 0.0738. The van der Waals surface area contributed by atoms with E-state index in [1.54, 1.807) is 4.90 Å². The lowest BCUT2D eigenvalue weighted by Gasteiger charge is -2.38. The number of aromatic amines is 1. The van der Waals surface area contributed by atoms with Gasteiger partial charge in [0.15, 0.2) is 0 Å². The van der Waals surface area contributed by atoms with Crippen LogP contribution in [0.3, 0.4) is 0 Å². The van der Waals surface area contributed by atoms with E-state index in [9.17, 15) is 15.0 Å². The third-order valence-corrected chi connectivity index (χ3v) is 6.42. The topological polar surface area (TPSA) is 89.0 Å². The van der Waals surface area contributed by atoms with E-state index >= 15 is 0 Å². The molecule has 0 bridgehead atoms. The second-order valence-corrected chi connectivity index (χ2v) is 8.44. The van der Waals surface area contributed by atoms with Gasteiger partial charge in [-0.1, -0.05) is 11.6 Å². The molecule has 1 aromatic heterocycles. The van der Waals surface area contributed by atoms with Gasteiger partial charge in [-0.05, 0) is 44.4 Å². The van der Waals surface area contributed by atoms with Gasteiger partial charge in [0.25, 0.3) is 5.91 Å². The number of likely N-dealkylation sites (tertiary alicyclic amines) is 1. The Morgan fingerprint density at radius 1 is 1.14 bits per heavy atom. The standard InChI is InChI=1S/C22H31N3O4/c1-13-10-14(2)19-16(11-13)15(3)20(23-19)22(28)25-5-4-18(26)21(27)17(12-25)24-6-8-29-9-7-24/h10-11,17-18,21,23,26-27H,4-9,12H2,1-3H3/t17-,18-,21+/m1/s1. The van der Waals surface area contributed by atoms with E-state index in [4.69, 9.17) is 4.74 Å². The third kappa shape index (κ3) is 3.80. The Morgan fingerprint density at radius 3 is 2.59 bits per heavy atom. The number of fused-ring (bicyclic) bond motifs is 1. The molecule has 0 saturated carbocycles. The third-order valence-electron chi connectivity index (χ3n) is 6.42. The van der Waals surface area contributed by atoms with Gasteiger partial charge in [0, 0.05) is 37.1 Å². The summed E-state index contributed by atoms with van der Waals surface area (Å²) in [6.07, 6.45) is -1.35. The van der Waals surface area contributed by atoms with Crippen LogP contribution in [0.2, 0.25) is 0 Å². The Kier molecular flexibility index (Phi) is 5.66. The Morgan fingerprint density at radius 2 is 1.86 bits per heavy atom. The monoisotopic (exact) mass is 401 g/mol. The van der Waals surface area contributed by atoms with Gasteiger partial charge in [-0.25, -0.2) is 0 Å². The number of hydrogen-bond donors (Lipinski definition) is 3. The van der Waals surface area contributed by atoms with E-state index in [2.05, 4.69) is 28.9 Å². The summed E-state index contributed by atoms with van der Waals surface area (Å²) in [7, 11) is 0. The number of carbonyl (C=O) groups is 1. The van der Waals surface area contributed by atoms with Gasteiger partial charge >= 0.3 is 0 Å². The molecule has 7 heteroatoms. The molecule has 2 aliphatic heterocycles. The SMILES string of the molecule is Cc1cc(C)c2[nH]c(C(=O)N3CC[C@@H](O)[C@@H](O)[C@H](N4CCOCC4)C3)c(C)c2c1. The molecule has 7 nitrogen and oxygen atoms in total. The van der Waals surface area contributed by atoms with Crippen molar-refractivity contribution in [3.8, 4) is 0 Å². The van der Waals surface area contributed by atoms with E-state index in [0.29, 0.717) is 51.5 Å². The van der Waals surface area contributed by atoms with Gasteiger partial charge in [-0.2, -0.15) is 0 Å². The molecular formula is C22H31N3O4. The average molecular weight is 402 g/mol. The molecule has 3 atom stereocenters. The summed E-state index contributed by atoms with van der Waals surface area (Å²) in [5.74, 6) is -0.0738. The number of aryl methyl sites for hydroxylation is 3. The predicted octanol–water partition coefficient (Wildman–Crippen LogP) is 1.36. The Balaban J connectivity index is 1.64. The van der Waals surface area contributed by atoms with Gasteiger partial charge in [-0.3, -0.25) is 9.69 Å². The first kappa shape index (κ1) is 20.3. The van der Waals surface area contributed by atoms with Gasteiger partial charge in [-0.15, -0.1) is 0 Å². The van der Waals surface area contributed by atoms with Crippen LogP contribution in [0.5, 0.6) is 0 Å². The second-order valence-electron chi connectivity index (χ2n) is 8.44. The maximum Gasteiger partial charge on any atom is 0.270 e. The van der Waals surface area contributed by atoms with Crippen LogP contribution in [-0.4, -0.2) is 88.5 Å². The highest BCUT2D eigenvalue weighted by atomic mass is 16.5.